The van der Waals surface area contributed by atoms with Crippen LogP contribution in [-0.4, -0.2) is 11.8 Å². The minimum absolute atomic E-state index is 0.146. The van der Waals surface area contributed by atoms with Crippen LogP contribution in [0.4, 0.5) is 4.39 Å². The maximum absolute atomic E-state index is 12.0. The van der Waals surface area contributed by atoms with Crippen molar-refractivity contribution in [3.05, 3.63) is 28.2 Å². The van der Waals surface area contributed by atoms with Crippen LogP contribution in [0.1, 0.15) is 18.0 Å². The number of hydrogen-bond donors (Lipinski definition) is 2. The molecule has 1 atom stereocenters. The molecule has 4 heteroatoms. The van der Waals surface area contributed by atoms with Crippen LogP contribution in [0.15, 0.2) is 22.7 Å². The standard InChI is InChI=1S/C9H11BrFNO/c10-8-2-1-6(13)5-7(8)9(12)3-4-11/h1-2,5,9,13H,3-4,12H2/t9-/m0/s1. The number of benzene rings is 1. The monoisotopic (exact) mass is 247 g/mol. The largest absolute Gasteiger partial charge is 0.508 e. The molecule has 3 N–H and O–H groups in total. The van der Waals surface area contributed by atoms with Crippen LogP contribution >= 0.6 is 15.9 Å². The molecular weight excluding hydrogens is 237 g/mol. The van der Waals surface area contributed by atoms with Crippen LogP contribution in [0.25, 0.3) is 0 Å². The Morgan fingerprint density at radius 2 is 2.23 bits per heavy atom. The second kappa shape index (κ2) is 4.58. The van der Waals surface area contributed by atoms with E-state index in [1.54, 1.807) is 18.2 Å². The highest BCUT2D eigenvalue weighted by atomic mass is 79.9. The van der Waals surface area contributed by atoms with Crippen LogP contribution < -0.4 is 5.73 Å². The Bertz CT molecular complexity index is 293. The molecular formula is C9H11BrFNO. The molecule has 72 valence electrons. The minimum atomic E-state index is -0.455. The van der Waals surface area contributed by atoms with Crippen LogP contribution in [0.5, 0.6) is 5.75 Å². The zero-order chi connectivity index (χ0) is 9.84. The molecule has 1 aromatic carbocycles. The van der Waals surface area contributed by atoms with E-state index in [1.807, 2.05) is 0 Å². The van der Waals surface area contributed by atoms with Gasteiger partial charge in [-0.15, -0.1) is 0 Å². The summed E-state index contributed by atoms with van der Waals surface area (Å²) in [4.78, 5) is 0. The molecule has 1 aromatic rings. The molecule has 0 fully saturated rings. The Hall–Kier alpha value is -0.610. The Labute approximate surface area is 84.7 Å². The molecule has 0 bridgehead atoms. The first-order valence-electron chi connectivity index (χ1n) is 3.95. The molecule has 0 aliphatic rings. The fourth-order valence-electron chi connectivity index (χ4n) is 1.09. The summed E-state index contributed by atoms with van der Waals surface area (Å²) in [6.07, 6.45) is 0.266. The van der Waals surface area contributed by atoms with Gasteiger partial charge in [0.05, 0.1) is 6.67 Å². The van der Waals surface area contributed by atoms with Gasteiger partial charge in [-0.1, -0.05) is 15.9 Å². The van der Waals surface area contributed by atoms with E-state index in [0.29, 0.717) is 0 Å². The van der Waals surface area contributed by atoms with Crippen molar-refractivity contribution in [1.82, 2.24) is 0 Å². The first-order valence-corrected chi connectivity index (χ1v) is 4.74. The number of hydrogen-bond acceptors (Lipinski definition) is 2. The van der Waals surface area contributed by atoms with Crippen molar-refractivity contribution < 1.29 is 9.50 Å². The van der Waals surface area contributed by atoms with Gasteiger partial charge in [0, 0.05) is 10.5 Å². The molecule has 1 rings (SSSR count). The summed E-state index contributed by atoms with van der Waals surface area (Å²) >= 11 is 3.29. The van der Waals surface area contributed by atoms with Crippen molar-refractivity contribution in [3.63, 3.8) is 0 Å². The van der Waals surface area contributed by atoms with Gasteiger partial charge >= 0.3 is 0 Å². The third kappa shape index (κ3) is 2.67. The molecule has 0 aliphatic carbocycles. The van der Waals surface area contributed by atoms with Crippen LogP contribution in [0.3, 0.4) is 0 Å². The molecule has 0 amide bonds. The lowest BCUT2D eigenvalue weighted by molar-refractivity contribution is 0.438. The third-order valence-electron chi connectivity index (χ3n) is 1.80. The van der Waals surface area contributed by atoms with Gasteiger partial charge in [-0.25, -0.2) is 0 Å². The number of aromatic hydroxyl groups is 1. The quantitative estimate of drug-likeness (QED) is 0.863. The topological polar surface area (TPSA) is 46.2 Å². The fourth-order valence-corrected chi connectivity index (χ4v) is 1.63. The fraction of sp³-hybridized carbons (Fsp3) is 0.333. The number of phenols is 1. The molecule has 0 saturated heterocycles. The predicted octanol–water partition coefficient (Wildman–Crippen LogP) is 2.51. The predicted molar refractivity (Wildman–Crippen MR) is 53.3 cm³/mol. The zero-order valence-electron chi connectivity index (χ0n) is 7.00. The van der Waals surface area contributed by atoms with Crippen molar-refractivity contribution in [1.29, 1.82) is 0 Å². The van der Waals surface area contributed by atoms with E-state index in [2.05, 4.69) is 15.9 Å². The van der Waals surface area contributed by atoms with Gasteiger partial charge in [0.1, 0.15) is 5.75 Å². The maximum Gasteiger partial charge on any atom is 0.115 e. The summed E-state index contributed by atoms with van der Waals surface area (Å²) in [5.74, 6) is 0.146. The van der Waals surface area contributed by atoms with E-state index in [9.17, 15) is 9.50 Å². The lowest BCUT2D eigenvalue weighted by Gasteiger charge is -2.12. The summed E-state index contributed by atoms with van der Waals surface area (Å²) in [5.41, 5.74) is 6.43. The molecule has 0 radical (unpaired) electrons. The zero-order valence-corrected chi connectivity index (χ0v) is 8.59. The Morgan fingerprint density at radius 1 is 1.54 bits per heavy atom. The Balaban J connectivity index is 2.91. The first kappa shape index (κ1) is 10.5. The number of nitrogens with two attached hydrogens (primary N) is 1. The highest BCUT2D eigenvalue weighted by molar-refractivity contribution is 9.10. The maximum atomic E-state index is 12.0. The van der Waals surface area contributed by atoms with Crippen molar-refractivity contribution >= 4 is 15.9 Å². The molecule has 0 saturated carbocycles. The summed E-state index contributed by atoms with van der Waals surface area (Å²) in [6.45, 7) is -0.455. The average molecular weight is 248 g/mol. The van der Waals surface area contributed by atoms with E-state index >= 15 is 0 Å². The third-order valence-corrected chi connectivity index (χ3v) is 2.52. The summed E-state index contributed by atoms with van der Waals surface area (Å²) < 4.78 is 12.8. The van der Waals surface area contributed by atoms with Gasteiger partial charge in [-0.05, 0) is 30.2 Å². The SMILES string of the molecule is N[C@@H](CCF)c1cc(O)ccc1Br. The van der Waals surface area contributed by atoms with E-state index in [0.717, 1.165) is 10.0 Å². The molecule has 2 nitrogen and oxygen atoms in total. The van der Waals surface area contributed by atoms with Gasteiger partial charge < -0.3 is 10.8 Å². The minimum Gasteiger partial charge on any atom is -0.508 e. The van der Waals surface area contributed by atoms with E-state index in [-0.39, 0.29) is 18.2 Å². The second-order valence-electron chi connectivity index (χ2n) is 2.79. The summed E-state index contributed by atoms with van der Waals surface area (Å²) in [5, 5.41) is 9.18. The van der Waals surface area contributed by atoms with E-state index in [1.165, 1.54) is 0 Å². The van der Waals surface area contributed by atoms with Crippen molar-refractivity contribution in [2.45, 2.75) is 12.5 Å². The van der Waals surface area contributed by atoms with Crippen molar-refractivity contribution in [2.75, 3.05) is 6.67 Å². The smallest absolute Gasteiger partial charge is 0.115 e. The molecule has 13 heavy (non-hydrogen) atoms. The summed E-state index contributed by atoms with van der Waals surface area (Å²) in [7, 11) is 0. The number of phenolic OH excluding ortho intramolecular Hbond substituents is 1. The highest BCUT2D eigenvalue weighted by Gasteiger charge is 2.09. The van der Waals surface area contributed by atoms with Crippen LogP contribution in [0, 0.1) is 0 Å². The lowest BCUT2D eigenvalue weighted by atomic mass is 10.1. The number of halogens is 2. The molecule has 0 aliphatic heterocycles. The molecule has 0 unspecified atom stereocenters. The second-order valence-corrected chi connectivity index (χ2v) is 3.64. The molecule has 0 heterocycles. The van der Waals surface area contributed by atoms with Crippen LogP contribution in [-0.2, 0) is 0 Å². The summed E-state index contributed by atoms with van der Waals surface area (Å²) in [6, 6.07) is 4.43. The van der Waals surface area contributed by atoms with Gasteiger partial charge in [-0.2, -0.15) is 0 Å². The van der Waals surface area contributed by atoms with E-state index < -0.39 is 6.67 Å². The Morgan fingerprint density at radius 3 is 2.85 bits per heavy atom. The molecule has 0 spiro atoms. The van der Waals surface area contributed by atoms with Gasteiger partial charge in [0.25, 0.3) is 0 Å². The van der Waals surface area contributed by atoms with Crippen molar-refractivity contribution in [3.8, 4) is 5.75 Å². The van der Waals surface area contributed by atoms with Gasteiger partial charge in [0.2, 0.25) is 0 Å². The van der Waals surface area contributed by atoms with Gasteiger partial charge in [0.15, 0.2) is 0 Å². The van der Waals surface area contributed by atoms with Crippen LogP contribution in [0.2, 0.25) is 0 Å². The average Bonchev–Trinajstić information content (AvgIpc) is 2.09. The number of alkyl halides is 1. The van der Waals surface area contributed by atoms with E-state index in [4.69, 9.17) is 5.73 Å². The first-order chi connectivity index (χ1) is 6.15. The van der Waals surface area contributed by atoms with Crippen molar-refractivity contribution in [2.24, 2.45) is 5.73 Å². The Kier molecular flexibility index (Phi) is 3.69. The number of rotatable bonds is 3. The lowest BCUT2D eigenvalue weighted by Crippen LogP contribution is -2.11. The van der Waals surface area contributed by atoms with Gasteiger partial charge in [-0.3, -0.25) is 4.39 Å². The molecule has 0 aromatic heterocycles. The highest BCUT2D eigenvalue weighted by Crippen LogP contribution is 2.27. The normalized spacial score (nSPS) is 12.8.